The van der Waals surface area contributed by atoms with Crippen molar-refractivity contribution in [1.29, 1.82) is 0 Å². The molecule has 0 radical (unpaired) electrons. The lowest BCUT2D eigenvalue weighted by atomic mass is 10.3. The summed E-state index contributed by atoms with van der Waals surface area (Å²) in [4.78, 5) is 13.5. The van der Waals surface area contributed by atoms with E-state index in [2.05, 4.69) is 14.8 Å². The highest BCUT2D eigenvalue weighted by molar-refractivity contribution is 7.86. The maximum absolute atomic E-state index is 12.2. The minimum absolute atomic E-state index is 0.455. The lowest BCUT2D eigenvalue weighted by Crippen LogP contribution is -2.52. The molecule has 1 aromatic rings. The van der Waals surface area contributed by atoms with Crippen molar-refractivity contribution >= 4 is 22.0 Å². The number of hydrogen-bond acceptors (Lipinski definition) is 7. The second-order valence-electron chi connectivity index (χ2n) is 6.44. The Hall–Kier alpha value is -1.49. The predicted molar refractivity (Wildman–Crippen MR) is 96.2 cm³/mol. The van der Waals surface area contributed by atoms with Gasteiger partial charge in [0.1, 0.15) is 5.82 Å². The van der Waals surface area contributed by atoms with Crippen molar-refractivity contribution < 1.29 is 13.2 Å². The molecular weight excluding hydrogens is 344 g/mol. The van der Waals surface area contributed by atoms with Gasteiger partial charge in [0, 0.05) is 65.1 Å². The first-order valence-electron chi connectivity index (χ1n) is 8.49. The van der Waals surface area contributed by atoms with E-state index in [-0.39, 0.29) is 0 Å². The first kappa shape index (κ1) is 18.3. The summed E-state index contributed by atoms with van der Waals surface area (Å²) in [5, 5.41) is 0. The fraction of sp³-hybridized carbons (Fsp3) is 0.733. The number of hydrogen-bond donors (Lipinski definition) is 0. The van der Waals surface area contributed by atoms with Crippen molar-refractivity contribution in [2.24, 2.45) is 0 Å². The molecule has 2 aliphatic heterocycles. The smallest absolute Gasteiger partial charge is 0.281 e. The molecular formula is C15H26N6O3S. The van der Waals surface area contributed by atoms with Gasteiger partial charge in [-0.1, -0.05) is 0 Å². The van der Waals surface area contributed by atoms with Crippen LogP contribution in [-0.2, 0) is 14.9 Å². The third kappa shape index (κ3) is 4.02. The van der Waals surface area contributed by atoms with Crippen LogP contribution in [0.5, 0.6) is 0 Å². The van der Waals surface area contributed by atoms with Crippen LogP contribution in [0, 0.1) is 6.92 Å². The highest BCUT2D eigenvalue weighted by Gasteiger charge is 2.29. The number of anilines is 2. The van der Waals surface area contributed by atoms with Crippen molar-refractivity contribution in [2.75, 3.05) is 76.4 Å². The molecule has 0 N–H and O–H groups in total. The Morgan fingerprint density at radius 1 is 1.00 bits per heavy atom. The Morgan fingerprint density at radius 3 is 2.24 bits per heavy atom. The first-order chi connectivity index (χ1) is 11.9. The predicted octanol–water partition coefficient (Wildman–Crippen LogP) is -0.450. The van der Waals surface area contributed by atoms with E-state index in [0.29, 0.717) is 39.4 Å². The molecule has 0 aliphatic carbocycles. The number of aromatic nitrogens is 2. The van der Waals surface area contributed by atoms with E-state index < -0.39 is 10.2 Å². The Bertz CT molecular complexity index is 697. The van der Waals surface area contributed by atoms with E-state index in [0.717, 1.165) is 30.5 Å². The van der Waals surface area contributed by atoms with Crippen LogP contribution in [0.3, 0.4) is 0 Å². The molecule has 0 atom stereocenters. The maximum atomic E-state index is 12.2. The molecule has 0 amide bonds. The zero-order valence-corrected chi connectivity index (χ0v) is 15.9. The molecule has 0 spiro atoms. The SMILES string of the molecule is Cc1cc(N2CCN(S(=O)(=O)N(C)C)CC2)nc(N2CCOCC2)n1. The van der Waals surface area contributed by atoms with Crippen molar-refractivity contribution in [2.45, 2.75) is 6.92 Å². The Balaban J connectivity index is 1.72. The molecule has 3 heterocycles. The molecule has 2 aliphatic rings. The number of piperazine rings is 1. The summed E-state index contributed by atoms with van der Waals surface area (Å²) < 4.78 is 32.6. The van der Waals surface area contributed by atoms with Crippen LogP contribution in [-0.4, -0.2) is 93.6 Å². The van der Waals surface area contributed by atoms with Crippen LogP contribution < -0.4 is 9.80 Å². The van der Waals surface area contributed by atoms with Gasteiger partial charge in [-0.15, -0.1) is 0 Å². The summed E-state index contributed by atoms with van der Waals surface area (Å²) in [6, 6.07) is 1.96. The fourth-order valence-electron chi connectivity index (χ4n) is 2.98. The number of rotatable bonds is 4. The molecule has 25 heavy (non-hydrogen) atoms. The first-order valence-corrected chi connectivity index (χ1v) is 9.88. The zero-order chi connectivity index (χ0) is 18.0. The zero-order valence-electron chi connectivity index (χ0n) is 15.1. The van der Waals surface area contributed by atoms with Gasteiger partial charge in [-0.2, -0.15) is 22.0 Å². The topological polar surface area (TPSA) is 82.1 Å². The Kier molecular flexibility index (Phi) is 5.42. The molecule has 0 unspecified atom stereocenters. The van der Waals surface area contributed by atoms with Crippen molar-refractivity contribution in [1.82, 2.24) is 18.6 Å². The highest BCUT2D eigenvalue weighted by atomic mass is 32.2. The number of ether oxygens (including phenoxy) is 1. The van der Waals surface area contributed by atoms with Crippen LogP contribution in [0.2, 0.25) is 0 Å². The molecule has 1 aromatic heterocycles. The van der Waals surface area contributed by atoms with E-state index in [4.69, 9.17) is 9.72 Å². The van der Waals surface area contributed by atoms with Crippen LogP contribution in [0.1, 0.15) is 5.69 Å². The van der Waals surface area contributed by atoms with E-state index >= 15 is 0 Å². The quantitative estimate of drug-likeness (QED) is 0.710. The Morgan fingerprint density at radius 2 is 1.64 bits per heavy atom. The van der Waals surface area contributed by atoms with Gasteiger partial charge >= 0.3 is 0 Å². The number of aryl methyl sites for hydroxylation is 1. The van der Waals surface area contributed by atoms with Crippen molar-refractivity contribution in [3.05, 3.63) is 11.8 Å². The largest absolute Gasteiger partial charge is 0.378 e. The molecule has 2 fully saturated rings. The van der Waals surface area contributed by atoms with E-state index in [9.17, 15) is 8.42 Å². The van der Waals surface area contributed by atoms with Gasteiger partial charge in [0.2, 0.25) is 5.95 Å². The molecule has 0 saturated carbocycles. The van der Waals surface area contributed by atoms with Gasteiger partial charge in [0.05, 0.1) is 13.2 Å². The lowest BCUT2D eigenvalue weighted by molar-refractivity contribution is 0.122. The molecule has 0 bridgehead atoms. The van der Waals surface area contributed by atoms with Gasteiger partial charge in [0.15, 0.2) is 0 Å². The second-order valence-corrected chi connectivity index (χ2v) is 8.59. The standard InChI is InChI=1S/C15H26N6O3S/c1-13-12-14(17-15(16-13)20-8-10-24-11-9-20)19-4-6-21(7-5-19)25(22,23)18(2)3/h12H,4-11H2,1-3H3. The monoisotopic (exact) mass is 370 g/mol. The Labute approximate surface area is 149 Å². The van der Waals surface area contributed by atoms with Crippen LogP contribution in [0.4, 0.5) is 11.8 Å². The van der Waals surface area contributed by atoms with Gasteiger partial charge in [0.25, 0.3) is 10.2 Å². The van der Waals surface area contributed by atoms with E-state index in [1.54, 1.807) is 14.1 Å². The minimum atomic E-state index is -3.35. The second kappa shape index (κ2) is 7.40. The van der Waals surface area contributed by atoms with Gasteiger partial charge < -0.3 is 14.5 Å². The summed E-state index contributed by atoms with van der Waals surface area (Å²) >= 11 is 0. The minimum Gasteiger partial charge on any atom is -0.378 e. The number of morpholine rings is 1. The van der Waals surface area contributed by atoms with Crippen LogP contribution in [0.25, 0.3) is 0 Å². The summed E-state index contributed by atoms with van der Waals surface area (Å²) in [5.41, 5.74) is 0.912. The number of nitrogens with zero attached hydrogens (tertiary/aromatic N) is 6. The maximum Gasteiger partial charge on any atom is 0.281 e. The van der Waals surface area contributed by atoms with Gasteiger partial charge in [-0.3, -0.25) is 0 Å². The summed E-state index contributed by atoms with van der Waals surface area (Å²) in [6.07, 6.45) is 0. The third-order valence-electron chi connectivity index (χ3n) is 4.47. The molecule has 10 heteroatoms. The summed E-state index contributed by atoms with van der Waals surface area (Å²) in [6.45, 7) is 7.06. The highest BCUT2D eigenvalue weighted by Crippen LogP contribution is 2.20. The van der Waals surface area contributed by atoms with E-state index in [1.165, 1.54) is 8.61 Å². The van der Waals surface area contributed by atoms with Crippen molar-refractivity contribution in [3.8, 4) is 0 Å². The molecule has 9 nitrogen and oxygen atoms in total. The van der Waals surface area contributed by atoms with Gasteiger partial charge in [-0.25, -0.2) is 4.98 Å². The van der Waals surface area contributed by atoms with E-state index in [1.807, 2.05) is 13.0 Å². The fourth-order valence-corrected chi connectivity index (χ4v) is 4.07. The third-order valence-corrected chi connectivity index (χ3v) is 6.41. The van der Waals surface area contributed by atoms with Crippen LogP contribution in [0.15, 0.2) is 6.07 Å². The van der Waals surface area contributed by atoms with Gasteiger partial charge in [-0.05, 0) is 6.92 Å². The average molecular weight is 370 g/mol. The molecule has 3 rings (SSSR count). The average Bonchev–Trinajstić information content (AvgIpc) is 2.62. The lowest BCUT2D eigenvalue weighted by Gasteiger charge is -2.36. The summed E-state index contributed by atoms with van der Waals surface area (Å²) in [5.74, 6) is 1.58. The van der Waals surface area contributed by atoms with Crippen LogP contribution >= 0.6 is 0 Å². The molecule has 0 aromatic carbocycles. The molecule has 140 valence electrons. The van der Waals surface area contributed by atoms with Crippen molar-refractivity contribution in [3.63, 3.8) is 0 Å². The molecule has 2 saturated heterocycles. The summed E-state index contributed by atoms with van der Waals surface area (Å²) in [7, 11) is -0.235. The normalized spacial score (nSPS) is 20.3.